The number of hydrogen-bond acceptors (Lipinski definition) is 18. The summed E-state index contributed by atoms with van der Waals surface area (Å²) in [7, 11) is 0. The van der Waals surface area contributed by atoms with Crippen molar-refractivity contribution in [2.24, 2.45) is 0 Å². The summed E-state index contributed by atoms with van der Waals surface area (Å²) in [5.41, 5.74) is 0.365. The second-order valence-electron chi connectivity index (χ2n) is 13.1. The molecule has 11 atom stereocenters. The van der Waals surface area contributed by atoms with Crippen LogP contribution in [0.3, 0.4) is 0 Å². The van der Waals surface area contributed by atoms with E-state index in [1.165, 1.54) is 37.3 Å². The van der Waals surface area contributed by atoms with E-state index in [1.807, 2.05) is 0 Å². The lowest BCUT2D eigenvalue weighted by Gasteiger charge is -2.46. The fourth-order valence-corrected chi connectivity index (χ4v) is 6.36. The van der Waals surface area contributed by atoms with Gasteiger partial charge in [-0.3, -0.25) is 23.9 Å². The molecule has 0 N–H and O–H groups in total. The summed E-state index contributed by atoms with van der Waals surface area (Å²) in [6.45, 7) is 8.42. The second-order valence-corrected chi connectivity index (χ2v) is 13.1. The molecule has 0 aliphatic carbocycles. The van der Waals surface area contributed by atoms with Crippen LogP contribution in [-0.2, 0) is 76.0 Å². The van der Waals surface area contributed by atoms with Gasteiger partial charge in [0, 0.05) is 34.6 Å². The zero-order valence-corrected chi connectivity index (χ0v) is 31.8. The molecule has 0 aromatic heterocycles. The van der Waals surface area contributed by atoms with Gasteiger partial charge in [-0.15, -0.1) is 6.58 Å². The van der Waals surface area contributed by atoms with Gasteiger partial charge in [-0.1, -0.05) is 42.5 Å². The normalized spacial score (nSPS) is 30.5. The number of carbonyl (C=O) groups is 6. The third-order valence-electron chi connectivity index (χ3n) is 8.59. The van der Waals surface area contributed by atoms with Crippen LogP contribution in [0.2, 0.25) is 0 Å². The van der Waals surface area contributed by atoms with Crippen LogP contribution in [-0.4, -0.2) is 123 Å². The van der Waals surface area contributed by atoms with Crippen molar-refractivity contribution in [3.8, 4) is 0 Å². The minimum Gasteiger partial charge on any atom is -0.463 e. The first kappa shape index (κ1) is 42.9. The maximum absolute atomic E-state index is 13.6. The first-order valence-corrected chi connectivity index (χ1v) is 17.9. The third-order valence-corrected chi connectivity index (χ3v) is 8.59. The molecule has 3 aliphatic rings. The molecule has 3 heterocycles. The SMILES string of the molecule is C=CCO[C@H]1O[C@H](COC(=O)c2ccccc2)[C@@H](OC(C)=O)[C@H](O[C@]2(C)O[C@H]3O[C@H](COC(C)=O)[C@H](OC(C)=O)[C@H](OC(C)=O)[C@H]3O2)[C@H]1OC(=O)c1ccccc1. The number of rotatable bonds is 15. The zero-order chi connectivity index (χ0) is 41.3. The number of benzene rings is 2. The minimum atomic E-state index is -2.21. The molecule has 0 bridgehead atoms. The molecule has 5 rings (SSSR count). The van der Waals surface area contributed by atoms with Gasteiger partial charge in [0.15, 0.2) is 43.1 Å². The summed E-state index contributed by atoms with van der Waals surface area (Å²) in [5.74, 6) is -6.84. The Hall–Kier alpha value is -5.24. The highest BCUT2D eigenvalue weighted by Gasteiger charge is 2.62. The standard InChI is InChI=1S/C39H44O18/c1-7-18-46-37-33(54-36(45)26-16-12-9-13-17-26)32(30(50-23(4)42)28(52-37)20-48-35(44)25-14-10-8-11-15-25)55-39(6)56-34-31(51-24(5)43)29(49-22(3)41)27(19-47-21(2)40)53-38(34)57-39/h7-17,27-34,37-38H,1,18-20H2,2-6H3/t27-,28-,29+,30-,31+,32+,33-,34-,37+,38-,39+/m1/s1. The Morgan fingerprint density at radius 2 is 1.16 bits per heavy atom. The molecule has 18 nitrogen and oxygen atoms in total. The van der Waals surface area contributed by atoms with Crippen LogP contribution in [0, 0.1) is 0 Å². The van der Waals surface area contributed by atoms with Crippen LogP contribution in [0.4, 0.5) is 0 Å². The van der Waals surface area contributed by atoms with E-state index < -0.39 is 116 Å². The molecule has 2 aromatic rings. The van der Waals surface area contributed by atoms with Crippen molar-refractivity contribution < 1.29 is 85.6 Å². The fraction of sp³-hybridized carbons (Fsp3) is 0.487. The van der Waals surface area contributed by atoms with Gasteiger partial charge < -0.3 is 52.1 Å². The van der Waals surface area contributed by atoms with Gasteiger partial charge in [0.2, 0.25) is 0 Å². The molecule has 308 valence electrons. The van der Waals surface area contributed by atoms with Crippen molar-refractivity contribution in [3.05, 3.63) is 84.4 Å². The lowest BCUT2D eigenvalue weighted by atomic mass is 9.97. The van der Waals surface area contributed by atoms with E-state index in [-0.39, 0.29) is 17.7 Å². The molecule has 18 heteroatoms. The van der Waals surface area contributed by atoms with Crippen LogP contribution in [0.15, 0.2) is 73.3 Å². The van der Waals surface area contributed by atoms with E-state index in [0.29, 0.717) is 0 Å². The van der Waals surface area contributed by atoms with E-state index in [0.717, 1.165) is 27.7 Å². The zero-order valence-electron chi connectivity index (χ0n) is 31.8. The number of fused-ring (bicyclic) bond motifs is 1. The summed E-state index contributed by atoms with van der Waals surface area (Å²) in [4.78, 5) is 75.6. The molecule has 3 aliphatic heterocycles. The summed E-state index contributed by atoms with van der Waals surface area (Å²) in [5, 5.41) is 0. The van der Waals surface area contributed by atoms with Crippen molar-refractivity contribution in [1.82, 2.24) is 0 Å². The highest BCUT2D eigenvalue weighted by Crippen LogP contribution is 2.42. The Kier molecular flexibility index (Phi) is 14.5. The third kappa shape index (κ3) is 11.2. The van der Waals surface area contributed by atoms with Gasteiger partial charge in [0.25, 0.3) is 5.97 Å². The van der Waals surface area contributed by atoms with Crippen LogP contribution >= 0.6 is 0 Å². The van der Waals surface area contributed by atoms with Crippen LogP contribution < -0.4 is 0 Å². The van der Waals surface area contributed by atoms with Crippen LogP contribution in [0.1, 0.15) is 55.3 Å². The monoisotopic (exact) mass is 800 g/mol. The van der Waals surface area contributed by atoms with Gasteiger partial charge in [-0.2, -0.15) is 0 Å². The predicted molar refractivity (Wildman–Crippen MR) is 188 cm³/mol. The lowest BCUT2D eigenvalue weighted by Crippen LogP contribution is -2.64. The summed E-state index contributed by atoms with van der Waals surface area (Å²) in [6, 6.07) is 16.0. The van der Waals surface area contributed by atoms with Crippen LogP contribution in [0.5, 0.6) is 0 Å². The summed E-state index contributed by atoms with van der Waals surface area (Å²) >= 11 is 0. The number of carbonyl (C=O) groups excluding carboxylic acids is 6. The summed E-state index contributed by atoms with van der Waals surface area (Å²) < 4.78 is 70.5. The fourth-order valence-electron chi connectivity index (χ4n) is 6.36. The van der Waals surface area contributed by atoms with E-state index >= 15 is 0 Å². The number of esters is 6. The smallest absolute Gasteiger partial charge is 0.338 e. The molecule has 0 saturated carbocycles. The highest BCUT2D eigenvalue weighted by atomic mass is 16.9. The average molecular weight is 801 g/mol. The molecule has 2 aromatic carbocycles. The van der Waals surface area contributed by atoms with Gasteiger partial charge in [-0.25, -0.2) is 9.59 Å². The Balaban J connectivity index is 1.52. The molecule has 0 spiro atoms. The molecular weight excluding hydrogens is 756 g/mol. The molecule has 57 heavy (non-hydrogen) atoms. The van der Waals surface area contributed by atoms with Gasteiger partial charge >= 0.3 is 35.8 Å². The second kappa shape index (κ2) is 19.3. The van der Waals surface area contributed by atoms with Gasteiger partial charge in [0.05, 0.1) is 17.7 Å². The first-order valence-electron chi connectivity index (χ1n) is 17.9. The minimum absolute atomic E-state index is 0.126. The molecule has 3 fully saturated rings. The van der Waals surface area contributed by atoms with Crippen LogP contribution in [0.25, 0.3) is 0 Å². The highest BCUT2D eigenvalue weighted by molar-refractivity contribution is 5.90. The predicted octanol–water partition coefficient (Wildman–Crippen LogP) is 2.55. The maximum Gasteiger partial charge on any atom is 0.338 e. The van der Waals surface area contributed by atoms with Crippen molar-refractivity contribution in [3.63, 3.8) is 0 Å². The molecular formula is C39H44O18. The molecule has 0 radical (unpaired) electrons. The average Bonchev–Trinajstić information content (AvgIpc) is 3.50. The summed E-state index contributed by atoms with van der Waals surface area (Å²) in [6.07, 6.45) is -12.7. The largest absolute Gasteiger partial charge is 0.463 e. The van der Waals surface area contributed by atoms with Gasteiger partial charge in [-0.05, 0) is 24.3 Å². The lowest BCUT2D eigenvalue weighted by molar-refractivity contribution is -0.398. The number of hydrogen-bond donors (Lipinski definition) is 0. The maximum atomic E-state index is 13.6. The molecule has 0 unspecified atom stereocenters. The Morgan fingerprint density at radius 1 is 0.632 bits per heavy atom. The molecule has 0 amide bonds. The van der Waals surface area contributed by atoms with E-state index in [4.69, 9.17) is 56.8 Å². The van der Waals surface area contributed by atoms with Crippen molar-refractivity contribution in [2.75, 3.05) is 19.8 Å². The Morgan fingerprint density at radius 3 is 1.72 bits per heavy atom. The van der Waals surface area contributed by atoms with Crippen molar-refractivity contribution >= 4 is 35.8 Å². The van der Waals surface area contributed by atoms with E-state index in [1.54, 1.807) is 36.4 Å². The van der Waals surface area contributed by atoms with Crippen molar-refractivity contribution in [1.29, 1.82) is 0 Å². The first-order chi connectivity index (χ1) is 27.2. The van der Waals surface area contributed by atoms with E-state index in [2.05, 4.69) is 6.58 Å². The topological polar surface area (TPSA) is 213 Å². The van der Waals surface area contributed by atoms with Crippen molar-refractivity contribution in [2.45, 2.75) is 102 Å². The molecule has 3 saturated heterocycles. The Bertz CT molecular complexity index is 1750. The quantitative estimate of drug-likeness (QED) is 0.144. The number of ether oxygens (including phenoxy) is 12. The van der Waals surface area contributed by atoms with E-state index in [9.17, 15) is 28.8 Å². The van der Waals surface area contributed by atoms with Gasteiger partial charge in [0.1, 0.15) is 31.5 Å². The Labute approximate surface area is 327 Å².